The van der Waals surface area contributed by atoms with Gasteiger partial charge in [0.15, 0.2) is 0 Å². The number of carbonyl (C=O) groups is 1. The second-order valence-electron chi connectivity index (χ2n) is 4.46. The number of ether oxygens (including phenoxy) is 1. The summed E-state index contributed by atoms with van der Waals surface area (Å²) in [4.78, 5) is 11.9. The standard InChI is InChI=1S/C15H20BrO5P/c1-5-19-22(18,20-6-2)15(21-14(17)11(3)4)12-7-9-13(16)10-8-12/h7-10,15H,3,5-6H2,1-2,4H3. The van der Waals surface area contributed by atoms with E-state index in [1.54, 1.807) is 38.1 Å². The molecule has 22 heavy (non-hydrogen) atoms. The summed E-state index contributed by atoms with van der Waals surface area (Å²) < 4.78 is 29.8. The second-order valence-corrected chi connectivity index (χ2v) is 7.45. The van der Waals surface area contributed by atoms with Gasteiger partial charge >= 0.3 is 13.6 Å². The summed E-state index contributed by atoms with van der Waals surface area (Å²) in [5.74, 6) is -1.78. The summed E-state index contributed by atoms with van der Waals surface area (Å²) >= 11 is 3.33. The number of carbonyl (C=O) groups excluding carboxylic acids is 1. The highest BCUT2D eigenvalue weighted by Crippen LogP contribution is 2.61. The van der Waals surface area contributed by atoms with Crippen molar-refractivity contribution < 1.29 is 23.1 Å². The normalized spacial score (nSPS) is 12.7. The third-order valence-electron chi connectivity index (χ3n) is 2.63. The molecule has 0 amide bonds. The Morgan fingerprint density at radius 1 is 1.23 bits per heavy atom. The van der Waals surface area contributed by atoms with Gasteiger partial charge in [0.2, 0.25) is 5.85 Å². The van der Waals surface area contributed by atoms with E-state index in [2.05, 4.69) is 22.5 Å². The molecule has 0 bridgehead atoms. The lowest BCUT2D eigenvalue weighted by atomic mass is 10.2. The van der Waals surface area contributed by atoms with E-state index in [4.69, 9.17) is 13.8 Å². The highest BCUT2D eigenvalue weighted by Gasteiger charge is 2.40. The van der Waals surface area contributed by atoms with Crippen LogP contribution in [0.2, 0.25) is 0 Å². The van der Waals surface area contributed by atoms with Gasteiger partial charge in [-0.1, -0.05) is 34.6 Å². The third kappa shape index (κ3) is 5.06. The second kappa shape index (κ2) is 8.63. The fourth-order valence-electron chi connectivity index (χ4n) is 1.68. The molecule has 0 radical (unpaired) electrons. The first-order valence-corrected chi connectivity index (χ1v) is 9.25. The van der Waals surface area contributed by atoms with Crippen LogP contribution < -0.4 is 0 Å². The number of esters is 1. The molecule has 0 saturated carbocycles. The summed E-state index contributed by atoms with van der Waals surface area (Å²) in [7, 11) is -3.66. The van der Waals surface area contributed by atoms with Gasteiger partial charge in [-0.3, -0.25) is 4.57 Å². The predicted molar refractivity (Wildman–Crippen MR) is 88.6 cm³/mol. The van der Waals surface area contributed by atoms with Crippen LogP contribution in [0.5, 0.6) is 0 Å². The number of halogens is 1. The summed E-state index contributed by atoms with van der Waals surface area (Å²) in [5, 5.41) is 0. The van der Waals surface area contributed by atoms with Gasteiger partial charge in [-0.15, -0.1) is 0 Å². The zero-order chi connectivity index (χ0) is 16.8. The van der Waals surface area contributed by atoms with Gasteiger partial charge in [0.05, 0.1) is 13.2 Å². The van der Waals surface area contributed by atoms with Crippen molar-refractivity contribution in [1.29, 1.82) is 0 Å². The van der Waals surface area contributed by atoms with Crippen LogP contribution in [0.3, 0.4) is 0 Å². The van der Waals surface area contributed by atoms with Crippen LogP contribution in [0.4, 0.5) is 0 Å². The van der Waals surface area contributed by atoms with Crippen LogP contribution in [0.25, 0.3) is 0 Å². The van der Waals surface area contributed by atoms with E-state index in [1.807, 2.05) is 0 Å². The molecule has 0 saturated heterocycles. The lowest BCUT2D eigenvalue weighted by molar-refractivity contribution is -0.142. The molecule has 1 unspecified atom stereocenters. The molecule has 1 aromatic carbocycles. The van der Waals surface area contributed by atoms with E-state index in [9.17, 15) is 9.36 Å². The first-order chi connectivity index (χ1) is 10.3. The van der Waals surface area contributed by atoms with Gasteiger partial charge in [-0.05, 0) is 32.9 Å². The van der Waals surface area contributed by atoms with E-state index in [0.717, 1.165) is 4.47 Å². The SMILES string of the molecule is C=C(C)C(=O)OC(c1ccc(Br)cc1)P(=O)(OCC)OCC. The minimum Gasteiger partial charge on any atom is -0.441 e. The minimum absolute atomic E-state index is 0.176. The van der Waals surface area contributed by atoms with Crippen LogP contribution in [0, 0.1) is 0 Å². The smallest absolute Gasteiger partial charge is 0.375 e. The van der Waals surface area contributed by atoms with Crippen molar-refractivity contribution >= 4 is 29.5 Å². The first-order valence-electron chi connectivity index (χ1n) is 6.84. The van der Waals surface area contributed by atoms with E-state index in [0.29, 0.717) is 5.56 Å². The molecule has 0 fully saturated rings. The zero-order valence-corrected chi connectivity index (χ0v) is 15.4. The lowest BCUT2D eigenvalue weighted by Gasteiger charge is -2.26. The summed E-state index contributed by atoms with van der Waals surface area (Å²) in [5.41, 5.74) is 0.740. The van der Waals surface area contributed by atoms with Crippen molar-refractivity contribution in [2.75, 3.05) is 13.2 Å². The Balaban J connectivity index is 3.24. The molecule has 0 N–H and O–H groups in total. The molecule has 7 heteroatoms. The molecule has 0 heterocycles. The van der Waals surface area contributed by atoms with Gasteiger partial charge in [-0.25, -0.2) is 4.79 Å². The Kier molecular flexibility index (Phi) is 7.49. The molecular formula is C15H20BrO5P. The molecule has 1 atom stereocenters. The average Bonchev–Trinajstić information content (AvgIpc) is 2.46. The van der Waals surface area contributed by atoms with Crippen LogP contribution in [-0.4, -0.2) is 19.2 Å². The summed E-state index contributed by atoms with van der Waals surface area (Å²) in [6.07, 6.45) is 0. The number of hydrogen-bond acceptors (Lipinski definition) is 5. The van der Waals surface area contributed by atoms with Crippen LogP contribution in [0.1, 0.15) is 32.2 Å². The van der Waals surface area contributed by atoms with Crippen LogP contribution >= 0.6 is 23.5 Å². The Bertz CT molecular complexity index is 560. The highest BCUT2D eigenvalue weighted by molar-refractivity contribution is 9.10. The highest BCUT2D eigenvalue weighted by atomic mass is 79.9. The summed E-state index contributed by atoms with van der Waals surface area (Å²) in [6.45, 7) is 8.81. The zero-order valence-electron chi connectivity index (χ0n) is 12.9. The number of rotatable bonds is 8. The minimum atomic E-state index is -3.66. The average molecular weight is 391 g/mol. The topological polar surface area (TPSA) is 61.8 Å². The largest absolute Gasteiger partial charge is 0.441 e. The molecule has 0 aliphatic carbocycles. The molecule has 5 nitrogen and oxygen atoms in total. The fraction of sp³-hybridized carbons (Fsp3) is 0.400. The van der Waals surface area contributed by atoms with E-state index in [-0.39, 0.29) is 18.8 Å². The van der Waals surface area contributed by atoms with Crippen LogP contribution in [-0.2, 0) is 23.1 Å². The molecule has 1 aromatic rings. The molecule has 0 aromatic heterocycles. The van der Waals surface area contributed by atoms with Gasteiger partial charge in [0.1, 0.15) is 0 Å². The molecule has 0 aliphatic rings. The van der Waals surface area contributed by atoms with Gasteiger partial charge < -0.3 is 13.8 Å². The lowest BCUT2D eigenvalue weighted by Crippen LogP contribution is -2.15. The maximum atomic E-state index is 13.0. The van der Waals surface area contributed by atoms with E-state index in [1.165, 1.54) is 6.92 Å². The van der Waals surface area contributed by atoms with Crippen molar-refractivity contribution in [3.63, 3.8) is 0 Å². The van der Waals surface area contributed by atoms with Gasteiger partial charge in [0.25, 0.3) is 0 Å². The monoisotopic (exact) mass is 390 g/mol. The number of hydrogen-bond donors (Lipinski definition) is 0. The predicted octanol–water partition coefficient (Wildman–Crippen LogP) is 4.83. The van der Waals surface area contributed by atoms with Gasteiger partial charge in [0, 0.05) is 15.6 Å². The first kappa shape index (κ1) is 19.1. The van der Waals surface area contributed by atoms with Crippen molar-refractivity contribution in [2.24, 2.45) is 0 Å². The molecular weight excluding hydrogens is 371 g/mol. The van der Waals surface area contributed by atoms with E-state index < -0.39 is 19.4 Å². The Morgan fingerprint density at radius 2 is 1.73 bits per heavy atom. The van der Waals surface area contributed by atoms with Crippen molar-refractivity contribution in [2.45, 2.75) is 26.6 Å². The van der Waals surface area contributed by atoms with E-state index >= 15 is 0 Å². The molecule has 0 spiro atoms. The Morgan fingerprint density at radius 3 is 2.14 bits per heavy atom. The maximum absolute atomic E-state index is 13.0. The van der Waals surface area contributed by atoms with Gasteiger partial charge in [-0.2, -0.15) is 0 Å². The van der Waals surface area contributed by atoms with Crippen LogP contribution in [0.15, 0.2) is 40.9 Å². The van der Waals surface area contributed by atoms with Crippen molar-refractivity contribution in [3.05, 3.63) is 46.5 Å². The third-order valence-corrected chi connectivity index (χ3v) is 5.37. The molecule has 0 aliphatic heterocycles. The Labute approximate surface area is 139 Å². The van der Waals surface area contributed by atoms with Crippen molar-refractivity contribution in [3.8, 4) is 0 Å². The van der Waals surface area contributed by atoms with Crippen molar-refractivity contribution in [1.82, 2.24) is 0 Å². The maximum Gasteiger partial charge on any atom is 0.375 e. The molecule has 122 valence electrons. The Hall–Kier alpha value is -0.940. The quantitative estimate of drug-likeness (QED) is 0.361. The summed E-state index contributed by atoms with van der Waals surface area (Å²) in [6, 6.07) is 6.93. The fourth-order valence-corrected chi connectivity index (χ4v) is 3.77. The molecule has 1 rings (SSSR count). The number of benzene rings is 1.